The van der Waals surface area contributed by atoms with Gasteiger partial charge in [-0.15, -0.1) is 10.2 Å². The summed E-state index contributed by atoms with van der Waals surface area (Å²) in [6.45, 7) is 11.4. The van der Waals surface area contributed by atoms with Gasteiger partial charge in [0.05, 0.1) is 17.9 Å². The van der Waals surface area contributed by atoms with Crippen LogP contribution in [0.3, 0.4) is 0 Å². The number of nitrogens with one attached hydrogen (secondary N) is 1. The molecule has 0 fully saturated rings. The van der Waals surface area contributed by atoms with Gasteiger partial charge in [-0.2, -0.15) is 5.21 Å². The van der Waals surface area contributed by atoms with Gasteiger partial charge in [0, 0.05) is 29.2 Å². The Labute approximate surface area is 228 Å². The summed E-state index contributed by atoms with van der Waals surface area (Å²) in [6.07, 6.45) is 6.46. The number of hydrogen-bond acceptors (Lipinski definition) is 5. The van der Waals surface area contributed by atoms with Crippen LogP contribution in [0.15, 0.2) is 71.8 Å². The molecule has 39 heavy (non-hydrogen) atoms. The van der Waals surface area contributed by atoms with Crippen LogP contribution in [0, 0.1) is 0 Å². The van der Waals surface area contributed by atoms with E-state index in [1.807, 2.05) is 33.4 Å². The van der Waals surface area contributed by atoms with Crippen molar-refractivity contribution in [2.45, 2.75) is 65.8 Å². The van der Waals surface area contributed by atoms with Crippen molar-refractivity contribution < 1.29 is 0 Å². The Morgan fingerprint density at radius 3 is 2.44 bits per heavy atom. The maximum atomic E-state index is 14.0. The van der Waals surface area contributed by atoms with Crippen LogP contribution in [-0.4, -0.2) is 34.7 Å². The number of tetrazole rings is 1. The van der Waals surface area contributed by atoms with Crippen molar-refractivity contribution in [2.75, 3.05) is 0 Å². The van der Waals surface area contributed by atoms with Crippen LogP contribution in [0.4, 0.5) is 0 Å². The molecule has 8 heteroatoms. The smallest absolute Gasteiger partial charge is 0.292 e. The van der Waals surface area contributed by atoms with E-state index in [9.17, 15) is 4.79 Å². The third-order valence-electron chi connectivity index (χ3n) is 7.08. The van der Waals surface area contributed by atoms with Gasteiger partial charge in [-0.1, -0.05) is 83.5 Å². The highest BCUT2D eigenvalue weighted by atomic mass is 16.1. The summed E-state index contributed by atoms with van der Waals surface area (Å²) in [6, 6.07) is 18.4. The van der Waals surface area contributed by atoms with Crippen molar-refractivity contribution >= 4 is 0 Å². The molecule has 0 atom stereocenters. The maximum absolute atomic E-state index is 14.0. The summed E-state index contributed by atoms with van der Waals surface area (Å²) in [7, 11) is 0. The summed E-state index contributed by atoms with van der Waals surface area (Å²) in [5.74, 6) is 0.501. The summed E-state index contributed by atoms with van der Waals surface area (Å²) >= 11 is 0. The molecule has 5 rings (SSSR count). The van der Waals surface area contributed by atoms with Gasteiger partial charge in [-0.05, 0) is 52.3 Å². The van der Waals surface area contributed by atoms with Gasteiger partial charge in [0.25, 0.3) is 0 Å². The van der Waals surface area contributed by atoms with Crippen LogP contribution in [0.5, 0.6) is 0 Å². The van der Waals surface area contributed by atoms with Gasteiger partial charge < -0.3 is 0 Å². The lowest BCUT2D eigenvalue weighted by molar-refractivity contribution is 0.583. The Balaban J connectivity index is 1.53. The van der Waals surface area contributed by atoms with Crippen LogP contribution in [0.1, 0.15) is 63.4 Å². The van der Waals surface area contributed by atoms with E-state index in [1.165, 1.54) is 11.1 Å². The number of pyridine rings is 1. The SMILES string of the molecule is CCCc1cn(-c2c(CC)cccc2C(C)(C)C)c(=O)n1Cc1ccc(-c2ncccc2-c2nn[nH]n2)cc1. The zero-order valence-corrected chi connectivity index (χ0v) is 23.3. The van der Waals surface area contributed by atoms with Gasteiger partial charge in [-0.3, -0.25) is 14.1 Å². The van der Waals surface area contributed by atoms with Gasteiger partial charge in [-0.25, -0.2) is 4.79 Å². The Hall–Kier alpha value is -4.33. The van der Waals surface area contributed by atoms with Crippen LogP contribution in [0.25, 0.3) is 28.3 Å². The predicted molar refractivity (Wildman–Crippen MR) is 154 cm³/mol. The second kappa shape index (κ2) is 10.8. The summed E-state index contributed by atoms with van der Waals surface area (Å²) in [5, 5.41) is 14.4. The molecule has 0 aliphatic rings. The van der Waals surface area contributed by atoms with Crippen LogP contribution >= 0.6 is 0 Å². The minimum atomic E-state index is -0.0887. The van der Waals surface area contributed by atoms with E-state index in [1.54, 1.807) is 6.20 Å². The maximum Gasteiger partial charge on any atom is 0.333 e. The van der Waals surface area contributed by atoms with Crippen LogP contribution in [0.2, 0.25) is 0 Å². The van der Waals surface area contributed by atoms with Gasteiger partial charge in [0.15, 0.2) is 0 Å². The number of nitrogens with zero attached hydrogens (tertiary/aromatic N) is 6. The Bertz CT molecular complexity index is 1620. The van der Waals surface area contributed by atoms with E-state index >= 15 is 0 Å². The molecule has 200 valence electrons. The van der Waals surface area contributed by atoms with E-state index in [4.69, 9.17) is 0 Å². The molecule has 0 aliphatic heterocycles. The van der Waals surface area contributed by atoms with Crippen molar-refractivity contribution in [1.29, 1.82) is 0 Å². The number of hydrogen-bond donors (Lipinski definition) is 1. The lowest BCUT2D eigenvalue weighted by Gasteiger charge is -2.25. The zero-order chi connectivity index (χ0) is 27.6. The van der Waals surface area contributed by atoms with Crippen molar-refractivity contribution in [3.8, 4) is 28.3 Å². The topological polar surface area (TPSA) is 94.3 Å². The van der Waals surface area contributed by atoms with Crippen LogP contribution < -0.4 is 5.69 Å². The molecule has 0 radical (unpaired) electrons. The fraction of sp³-hybridized carbons (Fsp3) is 0.323. The lowest BCUT2D eigenvalue weighted by atomic mass is 9.84. The minimum absolute atomic E-state index is 0.00181. The Kier molecular flexibility index (Phi) is 7.28. The largest absolute Gasteiger partial charge is 0.333 e. The van der Waals surface area contributed by atoms with E-state index < -0.39 is 0 Å². The monoisotopic (exact) mass is 521 g/mol. The molecule has 0 bridgehead atoms. The first-order valence-electron chi connectivity index (χ1n) is 13.5. The number of imidazole rings is 1. The number of benzene rings is 2. The molecular formula is C31H35N7O. The third kappa shape index (κ3) is 5.19. The highest BCUT2D eigenvalue weighted by Crippen LogP contribution is 2.31. The summed E-state index contributed by atoms with van der Waals surface area (Å²) < 4.78 is 3.80. The minimum Gasteiger partial charge on any atom is -0.292 e. The zero-order valence-electron chi connectivity index (χ0n) is 23.3. The molecule has 8 nitrogen and oxygen atoms in total. The normalized spacial score (nSPS) is 11.7. The molecule has 3 heterocycles. The molecule has 2 aromatic carbocycles. The average molecular weight is 522 g/mol. The fourth-order valence-electron chi connectivity index (χ4n) is 5.12. The van der Waals surface area contributed by atoms with Crippen LogP contribution in [-0.2, 0) is 24.8 Å². The highest BCUT2D eigenvalue weighted by Gasteiger charge is 2.23. The number of para-hydroxylation sites is 1. The number of aromatic nitrogens is 7. The molecule has 3 aromatic heterocycles. The molecule has 0 aliphatic carbocycles. The average Bonchev–Trinajstić information content (AvgIpc) is 3.58. The predicted octanol–water partition coefficient (Wildman–Crippen LogP) is 5.74. The quantitative estimate of drug-likeness (QED) is 0.281. The standard InChI is InChI=1S/C31H35N7O/c1-6-10-24-20-38(28-22(7-2)11-8-13-26(28)31(3,4)5)30(39)37(24)19-21-14-16-23(17-15-21)27-25(12-9-18-32-27)29-33-35-36-34-29/h8-9,11-18,20H,6-7,10,19H2,1-5H3,(H,33,34,35,36). The molecule has 0 unspecified atom stereocenters. The molecule has 1 N–H and O–H groups in total. The summed E-state index contributed by atoms with van der Waals surface area (Å²) in [5.41, 5.74) is 7.93. The van der Waals surface area contributed by atoms with Gasteiger partial charge in [0.2, 0.25) is 5.82 Å². The molecule has 0 amide bonds. The molecule has 0 saturated heterocycles. The van der Waals surface area contributed by atoms with Crippen molar-refractivity contribution in [3.05, 3.63) is 99.9 Å². The van der Waals surface area contributed by atoms with Crippen molar-refractivity contribution in [2.24, 2.45) is 0 Å². The lowest BCUT2D eigenvalue weighted by Crippen LogP contribution is -2.27. The van der Waals surface area contributed by atoms with Gasteiger partial charge >= 0.3 is 5.69 Å². The Morgan fingerprint density at radius 2 is 1.77 bits per heavy atom. The Morgan fingerprint density at radius 1 is 0.974 bits per heavy atom. The molecule has 0 spiro atoms. The van der Waals surface area contributed by atoms with E-state index in [0.717, 1.165) is 53.0 Å². The second-order valence-electron chi connectivity index (χ2n) is 10.9. The molecule has 5 aromatic rings. The number of rotatable bonds is 8. The first-order valence-corrected chi connectivity index (χ1v) is 13.5. The third-order valence-corrected chi connectivity index (χ3v) is 7.08. The second-order valence-corrected chi connectivity index (χ2v) is 10.9. The van der Waals surface area contributed by atoms with E-state index in [-0.39, 0.29) is 11.1 Å². The molecule has 0 saturated carbocycles. The van der Waals surface area contributed by atoms with Crippen molar-refractivity contribution in [1.82, 2.24) is 34.7 Å². The summed E-state index contributed by atoms with van der Waals surface area (Å²) in [4.78, 5) is 18.5. The van der Waals surface area contributed by atoms with Crippen molar-refractivity contribution in [3.63, 3.8) is 0 Å². The van der Waals surface area contributed by atoms with Gasteiger partial charge in [0.1, 0.15) is 0 Å². The van der Waals surface area contributed by atoms with E-state index in [2.05, 4.69) is 96.8 Å². The fourth-order valence-corrected chi connectivity index (χ4v) is 5.12. The molecular weight excluding hydrogens is 486 g/mol. The highest BCUT2D eigenvalue weighted by molar-refractivity contribution is 5.76. The first kappa shape index (κ1) is 26.3. The number of H-pyrrole nitrogens is 1. The number of aryl methyl sites for hydroxylation is 2. The van der Waals surface area contributed by atoms with E-state index in [0.29, 0.717) is 12.4 Å². The first-order chi connectivity index (χ1) is 18.8. The number of aromatic amines is 1.